The average molecular weight is 295 g/mol. The number of nitrogens with one attached hydrogen (secondary N) is 2. The summed E-state index contributed by atoms with van der Waals surface area (Å²) in [5, 5.41) is 6.55. The zero-order valence-electron chi connectivity index (χ0n) is 13.9. The van der Waals surface area contributed by atoms with Gasteiger partial charge >= 0.3 is 0 Å². The number of nitrogens with zero attached hydrogens (tertiary/aromatic N) is 1. The first-order valence-corrected chi connectivity index (χ1v) is 8.89. The molecule has 0 radical (unpaired) electrons. The number of carbonyl (C=O) groups is 1. The van der Waals surface area contributed by atoms with Crippen molar-refractivity contribution in [3.63, 3.8) is 0 Å². The second-order valence-corrected chi connectivity index (χ2v) is 7.13. The van der Waals surface area contributed by atoms with Crippen molar-refractivity contribution in [1.82, 2.24) is 15.5 Å². The fourth-order valence-corrected chi connectivity index (χ4v) is 3.59. The van der Waals surface area contributed by atoms with Gasteiger partial charge < -0.3 is 15.5 Å². The summed E-state index contributed by atoms with van der Waals surface area (Å²) in [5.74, 6) is 0.888. The maximum absolute atomic E-state index is 12.0. The fraction of sp³-hybridized carbons (Fsp3) is 0.941. The Kier molecular flexibility index (Phi) is 6.97. The lowest BCUT2D eigenvalue weighted by Gasteiger charge is -2.20. The Hall–Kier alpha value is -0.610. The Morgan fingerprint density at radius 3 is 2.48 bits per heavy atom. The van der Waals surface area contributed by atoms with Gasteiger partial charge in [-0.05, 0) is 52.1 Å². The fourth-order valence-electron chi connectivity index (χ4n) is 3.59. The molecule has 1 amide bonds. The van der Waals surface area contributed by atoms with E-state index in [1.807, 2.05) is 0 Å². The lowest BCUT2D eigenvalue weighted by molar-refractivity contribution is -0.121. The Morgan fingerprint density at radius 1 is 1.14 bits per heavy atom. The van der Waals surface area contributed by atoms with Crippen LogP contribution < -0.4 is 10.6 Å². The highest BCUT2D eigenvalue weighted by Crippen LogP contribution is 2.18. The van der Waals surface area contributed by atoms with Crippen molar-refractivity contribution in [2.45, 2.75) is 70.9 Å². The Labute approximate surface area is 130 Å². The lowest BCUT2D eigenvalue weighted by Crippen LogP contribution is -2.41. The molecule has 0 aromatic heterocycles. The van der Waals surface area contributed by atoms with Crippen molar-refractivity contribution in [1.29, 1.82) is 0 Å². The molecule has 2 fully saturated rings. The zero-order chi connectivity index (χ0) is 15.1. The third kappa shape index (κ3) is 5.95. The van der Waals surface area contributed by atoms with E-state index in [0.717, 1.165) is 19.4 Å². The van der Waals surface area contributed by atoms with E-state index in [2.05, 4.69) is 29.4 Å². The number of likely N-dealkylation sites (tertiary alicyclic amines) is 1. The molecular weight excluding hydrogens is 262 g/mol. The minimum Gasteiger partial charge on any atom is -0.352 e. The van der Waals surface area contributed by atoms with Gasteiger partial charge in [0.1, 0.15) is 0 Å². The zero-order valence-corrected chi connectivity index (χ0v) is 13.9. The number of hydrogen-bond acceptors (Lipinski definition) is 3. The highest BCUT2D eigenvalue weighted by atomic mass is 16.1. The van der Waals surface area contributed by atoms with Gasteiger partial charge in [0.2, 0.25) is 5.91 Å². The monoisotopic (exact) mass is 295 g/mol. The van der Waals surface area contributed by atoms with E-state index >= 15 is 0 Å². The van der Waals surface area contributed by atoms with Crippen LogP contribution in [0.1, 0.15) is 58.8 Å². The minimum absolute atomic E-state index is 0.181. The van der Waals surface area contributed by atoms with E-state index in [4.69, 9.17) is 0 Å². The van der Waals surface area contributed by atoms with Gasteiger partial charge in [0.05, 0.1) is 6.54 Å². The molecule has 2 rings (SSSR count). The smallest absolute Gasteiger partial charge is 0.234 e. The van der Waals surface area contributed by atoms with E-state index in [1.165, 1.54) is 45.2 Å². The number of hydrogen-bond donors (Lipinski definition) is 2. The summed E-state index contributed by atoms with van der Waals surface area (Å²) in [5.41, 5.74) is 0. The maximum Gasteiger partial charge on any atom is 0.234 e. The van der Waals surface area contributed by atoms with Crippen LogP contribution in [-0.4, -0.2) is 49.1 Å². The summed E-state index contributed by atoms with van der Waals surface area (Å²) < 4.78 is 0. The predicted molar refractivity (Wildman–Crippen MR) is 87.3 cm³/mol. The van der Waals surface area contributed by atoms with Crippen molar-refractivity contribution < 1.29 is 4.79 Å². The highest BCUT2D eigenvalue weighted by Gasteiger charge is 2.23. The van der Waals surface area contributed by atoms with Gasteiger partial charge in [-0.2, -0.15) is 0 Å². The summed E-state index contributed by atoms with van der Waals surface area (Å²) in [7, 11) is 0. The molecule has 4 heteroatoms. The Morgan fingerprint density at radius 2 is 1.86 bits per heavy atom. The van der Waals surface area contributed by atoms with Crippen LogP contribution in [-0.2, 0) is 4.79 Å². The van der Waals surface area contributed by atoms with E-state index in [9.17, 15) is 4.79 Å². The van der Waals surface area contributed by atoms with E-state index < -0.39 is 0 Å². The molecule has 4 nitrogen and oxygen atoms in total. The molecule has 1 saturated heterocycles. The summed E-state index contributed by atoms with van der Waals surface area (Å²) in [4.78, 5) is 14.5. The third-order valence-corrected chi connectivity index (χ3v) is 4.99. The lowest BCUT2D eigenvalue weighted by atomic mass is 10.1. The quantitative estimate of drug-likeness (QED) is 0.738. The largest absolute Gasteiger partial charge is 0.352 e. The first-order valence-electron chi connectivity index (χ1n) is 8.89. The van der Waals surface area contributed by atoms with Crippen LogP contribution in [0.4, 0.5) is 0 Å². The molecule has 0 bridgehead atoms. The van der Waals surface area contributed by atoms with Gasteiger partial charge in [0.25, 0.3) is 0 Å². The van der Waals surface area contributed by atoms with Crippen molar-refractivity contribution >= 4 is 5.91 Å². The summed E-state index contributed by atoms with van der Waals surface area (Å²) in [6.45, 7) is 8.36. The number of carbonyl (C=O) groups excluding carboxylic acids is 1. The SMILES string of the molecule is CC(C)N1CCC(CNCC(=O)NC2CCCCCC2)C1. The van der Waals surface area contributed by atoms with E-state index in [1.54, 1.807) is 0 Å². The topological polar surface area (TPSA) is 44.4 Å². The van der Waals surface area contributed by atoms with E-state index in [-0.39, 0.29) is 5.91 Å². The van der Waals surface area contributed by atoms with Crippen molar-refractivity contribution in [2.75, 3.05) is 26.2 Å². The predicted octanol–water partition coefficient (Wildman–Crippen LogP) is 2.15. The van der Waals surface area contributed by atoms with Crippen molar-refractivity contribution in [3.8, 4) is 0 Å². The van der Waals surface area contributed by atoms with Crippen LogP contribution >= 0.6 is 0 Å². The first-order chi connectivity index (χ1) is 10.1. The average Bonchev–Trinajstić information content (AvgIpc) is 2.77. The normalized spacial score (nSPS) is 25.2. The molecule has 1 heterocycles. The summed E-state index contributed by atoms with van der Waals surface area (Å²) in [6.07, 6.45) is 8.79. The van der Waals surface area contributed by atoms with Gasteiger partial charge in [0, 0.05) is 18.6 Å². The first kappa shape index (κ1) is 16.8. The summed E-state index contributed by atoms with van der Waals surface area (Å²) >= 11 is 0. The number of amides is 1. The van der Waals surface area contributed by atoms with Gasteiger partial charge in [-0.15, -0.1) is 0 Å². The van der Waals surface area contributed by atoms with E-state index in [0.29, 0.717) is 24.5 Å². The molecule has 1 aliphatic heterocycles. The molecule has 0 aromatic carbocycles. The highest BCUT2D eigenvalue weighted by molar-refractivity contribution is 5.78. The van der Waals surface area contributed by atoms with Crippen LogP contribution in [0.25, 0.3) is 0 Å². The molecule has 1 saturated carbocycles. The molecule has 1 aliphatic carbocycles. The molecular formula is C17H33N3O. The maximum atomic E-state index is 12.0. The van der Waals surface area contributed by atoms with Crippen LogP contribution in [0.2, 0.25) is 0 Å². The second-order valence-electron chi connectivity index (χ2n) is 7.13. The van der Waals surface area contributed by atoms with Gasteiger partial charge in [-0.1, -0.05) is 25.7 Å². The Balaban J connectivity index is 1.57. The molecule has 122 valence electrons. The van der Waals surface area contributed by atoms with Crippen LogP contribution in [0.3, 0.4) is 0 Å². The molecule has 0 spiro atoms. The van der Waals surface area contributed by atoms with Crippen molar-refractivity contribution in [3.05, 3.63) is 0 Å². The minimum atomic E-state index is 0.181. The Bertz CT molecular complexity index is 311. The standard InChI is InChI=1S/C17H33N3O/c1-14(2)20-10-9-15(13-20)11-18-12-17(21)19-16-7-5-3-4-6-8-16/h14-16,18H,3-13H2,1-2H3,(H,19,21). The molecule has 2 aliphatic rings. The second kappa shape index (κ2) is 8.74. The molecule has 1 atom stereocenters. The van der Waals surface area contributed by atoms with Gasteiger partial charge in [-0.3, -0.25) is 4.79 Å². The molecule has 0 aromatic rings. The van der Waals surface area contributed by atoms with Crippen LogP contribution in [0.15, 0.2) is 0 Å². The van der Waals surface area contributed by atoms with Gasteiger partial charge in [0.15, 0.2) is 0 Å². The summed E-state index contributed by atoms with van der Waals surface area (Å²) in [6, 6.07) is 1.07. The number of rotatable bonds is 6. The molecule has 21 heavy (non-hydrogen) atoms. The molecule has 2 N–H and O–H groups in total. The van der Waals surface area contributed by atoms with Gasteiger partial charge in [-0.25, -0.2) is 0 Å². The van der Waals surface area contributed by atoms with Crippen LogP contribution in [0, 0.1) is 5.92 Å². The van der Waals surface area contributed by atoms with Crippen LogP contribution in [0.5, 0.6) is 0 Å². The van der Waals surface area contributed by atoms with Crippen molar-refractivity contribution in [2.24, 2.45) is 5.92 Å². The molecule has 1 unspecified atom stereocenters. The third-order valence-electron chi connectivity index (χ3n) is 4.99.